The van der Waals surface area contributed by atoms with Gasteiger partial charge in [-0.3, -0.25) is 19.7 Å². The van der Waals surface area contributed by atoms with Gasteiger partial charge in [0.2, 0.25) is 5.91 Å². The average Bonchev–Trinajstić information content (AvgIpc) is 3.26. The minimum atomic E-state index is -0.559. The van der Waals surface area contributed by atoms with E-state index in [1.165, 1.54) is 18.3 Å². The van der Waals surface area contributed by atoms with Crippen LogP contribution in [0.2, 0.25) is 0 Å². The topological polar surface area (TPSA) is 107 Å². The molecule has 180 valence electrons. The molecular formula is C26H25N3O5S. The summed E-state index contributed by atoms with van der Waals surface area (Å²) in [6, 6.07) is 10.5. The van der Waals surface area contributed by atoms with Crippen LogP contribution in [0.15, 0.2) is 41.8 Å². The Hall–Kier alpha value is -3.72. The lowest BCUT2D eigenvalue weighted by atomic mass is 9.92. The van der Waals surface area contributed by atoms with Crippen LogP contribution in [0.3, 0.4) is 0 Å². The van der Waals surface area contributed by atoms with Crippen LogP contribution in [0.4, 0.5) is 5.13 Å². The van der Waals surface area contributed by atoms with Gasteiger partial charge in [0.1, 0.15) is 17.1 Å². The van der Waals surface area contributed by atoms with Gasteiger partial charge in [0.25, 0.3) is 5.91 Å². The van der Waals surface area contributed by atoms with Crippen LogP contribution in [0, 0.1) is 0 Å². The van der Waals surface area contributed by atoms with Gasteiger partial charge in [0, 0.05) is 35.4 Å². The molecule has 1 atom stereocenters. The number of nitrogens with one attached hydrogen (secondary N) is 2. The Morgan fingerprint density at radius 2 is 1.94 bits per heavy atom. The number of hydrogen-bond donors (Lipinski definition) is 2. The second-order valence-electron chi connectivity index (χ2n) is 9.31. The Kier molecular flexibility index (Phi) is 5.80. The molecule has 2 aliphatic heterocycles. The molecule has 35 heavy (non-hydrogen) atoms. The van der Waals surface area contributed by atoms with Crippen molar-refractivity contribution >= 4 is 34.1 Å². The fourth-order valence-corrected chi connectivity index (χ4v) is 5.09. The third-order valence-corrected chi connectivity index (χ3v) is 6.72. The van der Waals surface area contributed by atoms with Crippen LogP contribution >= 0.6 is 11.3 Å². The maximum atomic E-state index is 12.9. The fraction of sp³-hybridized carbons (Fsp3) is 0.308. The molecule has 9 heteroatoms. The number of hydrogen-bond acceptors (Lipinski definition) is 7. The van der Waals surface area contributed by atoms with E-state index in [1.54, 1.807) is 18.2 Å². The van der Waals surface area contributed by atoms with Crippen molar-refractivity contribution in [1.29, 1.82) is 0 Å². The number of thiazole rings is 1. The first-order chi connectivity index (χ1) is 16.7. The Morgan fingerprint density at radius 1 is 1.14 bits per heavy atom. The SMILES string of the molecule is CC(=O)NC1CCOc2ccc(-c3csc(NC(=O)c4ccc5c(c4)C(=O)CC(C)(C)O5)n3)cc21. The summed E-state index contributed by atoms with van der Waals surface area (Å²) in [7, 11) is 0. The van der Waals surface area contributed by atoms with Gasteiger partial charge < -0.3 is 14.8 Å². The van der Waals surface area contributed by atoms with Crippen LogP contribution in [-0.2, 0) is 4.79 Å². The number of fused-ring (bicyclic) bond motifs is 2. The van der Waals surface area contributed by atoms with E-state index in [0.29, 0.717) is 40.7 Å². The van der Waals surface area contributed by atoms with Crippen LogP contribution in [0.1, 0.15) is 65.9 Å². The van der Waals surface area contributed by atoms with E-state index in [9.17, 15) is 14.4 Å². The molecule has 1 unspecified atom stereocenters. The molecule has 3 aromatic rings. The molecule has 2 amide bonds. The lowest BCUT2D eigenvalue weighted by Gasteiger charge is -2.31. The van der Waals surface area contributed by atoms with Crippen LogP contribution in [-0.4, -0.2) is 34.8 Å². The number of rotatable bonds is 4. The molecule has 0 spiro atoms. The van der Waals surface area contributed by atoms with Crippen LogP contribution < -0.4 is 20.1 Å². The molecule has 8 nitrogen and oxygen atoms in total. The van der Waals surface area contributed by atoms with Crippen molar-refractivity contribution in [2.24, 2.45) is 0 Å². The number of carbonyl (C=O) groups is 3. The molecule has 2 aromatic carbocycles. The summed E-state index contributed by atoms with van der Waals surface area (Å²) in [5.74, 6) is 0.753. The van der Waals surface area contributed by atoms with Gasteiger partial charge in [-0.25, -0.2) is 4.98 Å². The normalized spacial score (nSPS) is 17.9. The summed E-state index contributed by atoms with van der Waals surface area (Å²) in [6.07, 6.45) is 0.954. The first kappa shape index (κ1) is 23.0. The Morgan fingerprint density at radius 3 is 2.74 bits per heavy atom. The molecule has 0 saturated heterocycles. The number of Topliss-reactive ketones (excluding diaryl/α,β-unsaturated/α-hetero) is 1. The monoisotopic (exact) mass is 491 g/mol. The van der Waals surface area contributed by atoms with E-state index in [1.807, 2.05) is 37.4 Å². The van der Waals surface area contributed by atoms with Crippen molar-refractivity contribution in [3.63, 3.8) is 0 Å². The zero-order valence-corrected chi connectivity index (χ0v) is 20.5. The second-order valence-corrected chi connectivity index (χ2v) is 10.2. The lowest BCUT2D eigenvalue weighted by Crippen LogP contribution is -2.36. The number of benzene rings is 2. The third-order valence-electron chi connectivity index (χ3n) is 5.96. The second kappa shape index (κ2) is 8.81. The van der Waals surface area contributed by atoms with E-state index < -0.39 is 5.60 Å². The Bertz CT molecular complexity index is 1350. The van der Waals surface area contributed by atoms with Gasteiger partial charge in [-0.2, -0.15) is 0 Å². The molecule has 0 aliphatic carbocycles. The lowest BCUT2D eigenvalue weighted by molar-refractivity contribution is -0.119. The molecule has 3 heterocycles. The third kappa shape index (κ3) is 4.77. The van der Waals surface area contributed by atoms with E-state index >= 15 is 0 Å². The molecule has 0 fully saturated rings. The van der Waals surface area contributed by atoms with Gasteiger partial charge in [-0.1, -0.05) is 0 Å². The summed E-state index contributed by atoms with van der Waals surface area (Å²) < 4.78 is 11.6. The zero-order valence-electron chi connectivity index (χ0n) is 19.6. The first-order valence-corrected chi connectivity index (χ1v) is 12.2. The summed E-state index contributed by atoms with van der Waals surface area (Å²) in [4.78, 5) is 41.6. The highest BCUT2D eigenvalue weighted by atomic mass is 32.1. The highest BCUT2D eigenvalue weighted by Gasteiger charge is 2.33. The van der Waals surface area contributed by atoms with E-state index in [0.717, 1.165) is 16.9 Å². The van der Waals surface area contributed by atoms with Crippen molar-refractivity contribution in [2.45, 2.75) is 45.3 Å². The molecule has 2 N–H and O–H groups in total. The molecule has 1 aromatic heterocycles. The van der Waals surface area contributed by atoms with Crippen molar-refractivity contribution in [3.8, 4) is 22.8 Å². The Balaban J connectivity index is 1.34. The van der Waals surface area contributed by atoms with Gasteiger partial charge in [-0.05, 0) is 50.2 Å². The molecule has 5 rings (SSSR count). The largest absolute Gasteiger partial charge is 0.493 e. The summed E-state index contributed by atoms with van der Waals surface area (Å²) in [5.41, 5.74) is 2.70. The summed E-state index contributed by atoms with van der Waals surface area (Å²) >= 11 is 1.31. The van der Waals surface area contributed by atoms with Crippen molar-refractivity contribution < 1.29 is 23.9 Å². The van der Waals surface area contributed by atoms with Gasteiger partial charge in [0.15, 0.2) is 10.9 Å². The molecule has 0 bridgehead atoms. The fourth-order valence-electron chi connectivity index (χ4n) is 4.38. The standard InChI is InChI=1S/C26H25N3O5S/c1-14(30)27-19-8-9-33-22-6-4-15(10-17(19)22)20-13-35-25(28-20)29-24(32)16-5-7-23-18(11-16)21(31)12-26(2,3)34-23/h4-7,10-11,13,19H,8-9,12H2,1-3H3,(H,27,30)(H,28,29,32). The van der Waals surface area contributed by atoms with Gasteiger partial charge in [0.05, 0.1) is 30.3 Å². The van der Waals surface area contributed by atoms with Gasteiger partial charge >= 0.3 is 0 Å². The predicted octanol–water partition coefficient (Wildman–Crippen LogP) is 4.77. The smallest absolute Gasteiger partial charge is 0.257 e. The van der Waals surface area contributed by atoms with E-state index in [2.05, 4.69) is 15.6 Å². The van der Waals surface area contributed by atoms with Crippen molar-refractivity contribution in [2.75, 3.05) is 11.9 Å². The Labute approximate surface area is 206 Å². The zero-order chi connectivity index (χ0) is 24.7. The number of ether oxygens (including phenoxy) is 2. The maximum absolute atomic E-state index is 12.9. The van der Waals surface area contributed by atoms with E-state index in [4.69, 9.17) is 9.47 Å². The number of nitrogens with zero attached hydrogens (tertiary/aromatic N) is 1. The van der Waals surface area contributed by atoms with Crippen LogP contribution in [0.5, 0.6) is 11.5 Å². The molecule has 0 saturated carbocycles. The number of amides is 2. The predicted molar refractivity (Wildman–Crippen MR) is 132 cm³/mol. The first-order valence-electron chi connectivity index (χ1n) is 11.4. The minimum Gasteiger partial charge on any atom is -0.493 e. The quantitative estimate of drug-likeness (QED) is 0.545. The molecular weight excluding hydrogens is 466 g/mol. The van der Waals surface area contributed by atoms with Gasteiger partial charge in [-0.15, -0.1) is 11.3 Å². The minimum absolute atomic E-state index is 0.0450. The van der Waals surface area contributed by atoms with E-state index in [-0.39, 0.29) is 30.1 Å². The maximum Gasteiger partial charge on any atom is 0.257 e. The number of aromatic nitrogens is 1. The highest BCUT2D eigenvalue weighted by Crippen LogP contribution is 2.37. The summed E-state index contributed by atoms with van der Waals surface area (Å²) in [6.45, 7) is 5.77. The van der Waals surface area contributed by atoms with Crippen molar-refractivity contribution in [1.82, 2.24) is 10.3 Å². The van der Waals surface area contributed by atoms with Crippen molar-refractivity contribution in [3.05, 3.63) is 58.5 Å². The summed E-state index contributed by atoms with van der Waals surface area (Å²) in [5, 5.41) is 8.09. The number of carbonyl (C=O) groups excluding carboxylic acids is 3. The number of ketones is 1. The highest BCUT2D eigenvalue weighted by molar-refractivity contribution is 7.14. The average molecular weight is 492 g/mol. The number of anilines is 1. The molecule has 0 radical (unpaired) electrons. The van der Waals surface area contributed by atoms with Crippen LogP contribution in [0.25, 0.3) is 11.3 Å². The molecule has 2 aliphatic rings.